The molecule has 3 heterocycles. The fourth-order valence-corrected chi connectivity index (χ4v) is 4.12. The smallest absolute Gasteiger partial charge is 0.227 e. The molecule has 1 aliphatic heterocycles. The van der Waals surface area contributed by atoms with E-state index in [1.54, 1.807) is 11.3 Å². The topological polar surface area (TPSA) is 91.5 Å². The van der Waals surface area contributed by atoms with Gasteiger partial charge in [-0.25, -0.2) is 0 Å². The highest BCUT2D eigenvalue weighted by molar-refractivity contribution is 7.13. The molecule has 158 valence electrons. The van der Waals surface area contributed by atoms with Gasteiger partial charge < -0.3 is 14.9 Å². The van der Waals surface area contributed by atoms with Crippen LogP contribution in [-0.2, 0) is 24.3 Å². The minimum Gasteiger partial charge on any atom is -0.393 e. The molecule has 0 bridgehead atoms. The van der Waals surface area contributed by atoms with E-state index in [9.17, 15) is 9.90 Å². The first-order valence-corrected chi connectivity index (χ1v) is 11.1. The molecule has 0 spiro atoms. The number of benzene rings is 1. The van der Waals surface area contributed by atoms with Gasteiger partial charge in [0.2, 0.25) is 17.6 Å². The molecule has 30 heavy (non-hydrogen) atoms. The maximum Gasteiger partial charge on any atom is 0.227 e. The third-order valence-corrected chi connectivity index (χ3v) is 6.12. The fourth-order valence-electron chi connectivity index (χ4n) is 3.47. The number of aliphatic hydroxyl groups is 1. The third kappa shape index (κ3) is 5.75. The van der Waals surface area contributed by atoms with Gasteiger partial charge in [-0.2, -0.15) is 4.98 Å². The molecule has 1 saturated heterocycles. The molecule has 1 aliphatic rings. The SMILES string of the molecule is O=C(CCc1nc(-c2cccs2)no1)NCc1ccc(CN2CCC(O)CC2)cc1. The second-order valence-corrected chi connectivity index (χ2v) is 8.54. The molecule has 0 atom stereocenters. The summed E-state index contributed by atoms with van der Waals surface area (Å²) in [5, 5.41) is 18.5. The van der Waals surface area contributed by atoms with Gasteiger partial charge in [0.15, 0.2) is 0 Å². The number of thiophene rings is 1. The highest BCUT2D eigenvalue weighted by atomic mass is 32.1. The molecule has 7 nitrogen and oxygen atoms in total. The van der Waals surface area contributed by atoms with Crippen LogP contribution in [0.4, 0.5) is 0 Å². The maximum absolute atomic E-state index is 12.2. The van der Waals surface area contributed by atoms with Gasteiger partial charge in [0.05, 0.1) is 11.0 Å². The first-order chi connectivity index (χ1) is 14.7. The Kier molecular flexibility index (Phi) is 6.88. The zero-order valence-electron chi connectivity index (χ0n) is 16.8. The highest BCUT2D eigenvalue weighted by Crippen LogP contribution is 2.21. The summed E-state index contributed by atoms with van der Waals surface area (Å²) in [5.41, 5.74) is 2.32. The van der Waals surface area contributed by atoms with Gasteiger partial charge in [-0.15, -0.1) is 11.3 Å². The molecule has 2 aromatic heterocycles. The van der Waals surface area contributed by atoms with E-state index < -0.39 is 0 Å². The normalized spacial score (nSPS) is 15.4. The summed E-state index contributed by atoms with van der Waals surface area (Å²) in [5.74, 6) is 1.01. The number of amides is 1. The summed E-state index contributed by atoms with van der Waals surface area (Å²) in [6, 6.07) is 12.2. The zero-order valence-corrected chi connectivity index (χ0v) is 17.6. The number of likely N-dealkylation sites (tertiary alicyclic amines) is 1. The van der Waals surface area contributed by atoms with Crippen molar-refractivity contribution in [2.24, 2.45) is 0 Å². The van der Waals surface area contributed by atoms with E-state index in [2.05, 4.69) is 44.6 Å². The van der Waals surface area contributed by atoms with Crippen LogP contribution in [0.5, 0.6) is 0 Å². The first-order valence-electron chi connectivity index (χ1n) is 10.3. The van der Waals surface area contributed by atoms with E-state index in [4.69, 9.17) is 4.52 Å². The summed E-state index contributed by atoms with van der Waals surface area (Å²) in [4.78, 5) is 19.8. The van der Waals surface area contributed by atoms with Gasteiger partial charge in [-0.3, -0.25) is 9.69 Å². The molecule has 0 radical (unpaired) electrons. The number of piperidine rings is 1. The molecular weight excluding hydrogens is 400 g/mol. The van der Waals surface area contributed by atoms with Crippen molar-refractivity contribution in [3.8, 4) is 10.7 Å². The molecule has 1 amide bonds. The Bertz CT molecular complexity index is 932. The van der Waals surface area contributed by atoms with Gasteiger partial charge in [0.1, 0.15) is 0 Å². The van der Waals surface area contributed by atoms with Crippen molar-refractivity contribution < 1.29 is 14.4 Å². The summed E-state index contributed by atoms with van der Waals surface area (Å²) < 4.78 is 5.23. The second-order valence-electron chi connectivity index (χ2n) is 7.59. The lowest BCUT2D eigenvalue weighted by Crippen LogP contribution is -2.35. The Morgan fingerprint density at radius 1 is 1.20 bits per heavy atom. The Morgan fingerprint density at radius 2 is 1.97 bits per heavy atom. The van der Waals surface area contributed by atoms with E-state index in [-0.39, 0.29) is 12.0 Å². The van der Waals surface area contributed by atoms with Crippen molar-refractivity contribution in [1.29, 1.82) is 0 Å². The van der Waals surface area contributed by atoms with E-state index in [0.717, 1.165) is 42.9 Å². The lowest BCUT2D eigenvalue weighted by molar-refractivity contribution is -0.121. The molecule has 0 aliphatic carbocycles. The number of nitrogens with zero attached hydrogens (tertiary/aromatic N) is 3. The summed E-state index contributed by atoms with van der Waals surface area (Å²) in [6.07, 6.45) is 2.29. The van der Waals surface area contributed by atoms with E-state index in [0.29, 0.717) is 31.1 Å². The molecule has 3 aromatic rings. The van der Waals surface area contributed by atoms with Gasteiger partial charge in [0.25, 0.3) is 0 Å². The average Bonchev–Trinajstić information content (AvgIpc) is 3.45. The number of rotatable bonds is 8. The Balaban J connectivity index is 1.18. The number of aryl methyl sites for hydroxylation is 1. The van der Waals surface area contributed by atoms with Crippen LogP contribution < -0.4 is 5.32 Å². The summed E-state index contributed by atoms with van der Waals surface area (Å²) in [7, 11) is 0. The minimum atomic E-state index is -0.143. The van der Waals surface area contributed by atoms with Crippen LogP contribution in [0.15, 0.2) is 46.3 Å². The summed E-state index contributed by atoms with van der Waals surface area (Å²) >= 11 is 1.55. The van der Waals surface area contributed by atoms with Gasteiger partial charge >= 0.3 is 0 Å². The van der Waals surface area contributed by atoms with Crippen molar-refractivity contribution in [1.82, 2.24) is 20.4 Å². The highest BCUT2D eigenvalue weighted by Gasteiger charge is 2.16. The van der Waals surface area contributed by atoms with Crippen LogP contribution in [0.1, 0.15) is 36.3 Å². The van der Waals surface area contributed by atoms with E-state index >= 15 is 0 Å². The predicted octanol–water partition coefficient (Wildman–Crippen LogP) is 3.00. The average molecular weight is 427 g/mol. The molecule has 8 heteroatoms. The van der Waals surface area contributed by atoms with Crippen molar-refractivity contribution in [3.63, 3.8) is 0 Å². The first kappa shape index (κ1) is 20.7. The minimum absolute atomic E-state index is 0.0400. The fraction of sp³-hybridized carbons (Fsp3) is 0.409. The standard InChI is InChI=1S/C22H26N4O3S/c27-18-9-11-26(12-10-18)15-17-5-3-16(4-6-17)14-23-20(28)7-8-21-24-22(25-29-21)19-2-1-13-30-19/h1-6,13,18,27H,7-12,14-15H2,(H,23,28). The van der Waals surface area contributed by atoms with Crippen LogP contribution in [0.25, 0.3) is 10.7 Å². The molecule has 0 unspecified atom stereocenters. The Hall–Kier alpha value is -2.55. The largest absolute Gasteiger partial charge is 0.393 e. The number of hydrogen-bond acceptors (Lipinski definition) is 7. The number of carbonyl (C=O) groups excluding carboxylic acids is 1. The zero-order chi connectivity index (χ0) is 20.8. The predicted molar refractivity (Wildman–Crippen MR) is 115 cm³/mol. The Morgan fingerprint density at radius 3 is 2.70 bits per heavy atom. The maximum atomic E-state index is 12.2. The van der Waals surface area contributed by atoms with Crippen molar-refractivity contribution >= 4 is 17.2 Å². The second kappa shape index (κ2) is 9.97. The molecular formula is C22H26N4O3S. The molecule has 0 saturated carbocycles. The van der Waals surface area contributed by atoms with E-state index in [1.165, 1.54) is 5.56 Å². The van der Waals surface area contributed by atoms with Gasteiger partial charge in [-0.05, 0) is 35.4 Å². The number of aliphatic hydroxyl groups excluding tert-OH is 1. The van der Waals surface area contributed by atoms with Crippen LogP contribution >= 0.6 is 11.3 Å². The lowest BCUT2D eigenvalue weighted by atomic mass is 10.1. The van der Waals surface area contributed by atoms with Crippen LogP contribution in [-0.4, -0.2) is 45.2 Å². The van der Waals surface area contributed by atoms with Crippen molar-refractivity contribution in [2.75, 3.05) is 13.1 Å². The van der Waals surface area contributed by atoms with Crippen LogP contribution in [0, 0.1) is 0 Å². The molecule has 4 rings (SSSR count). The van der Waals surface area contributed by atoms with Gasteiger partial charge in [0, 0.05) is 39.0 Å². The third-order valence-electron chi connectivity index (χ3n) is 5.25. The number of carbonyl (C=O) groups is 1. The number of nitrogens with one attached hydrogen (secondary N) is 1. The van der Waals surface area contributed by atoms with Gasteiger partial charge in [-0.1, -0.05) is 35.5 Å². The molecule has 1 fully saturated rings. The van der Waals surface area contributed by atoms with E-state index in [1.807, 2.05) is 17.5 Å². The summed E-state index contributed by atoms with van der Waals surface area (Å²) in [6.45, 7) is 3.28. The quantitative estimate of drug-likeness (QED) is 0.575. The van der Waals surface area contributed by atoms with Crippen molar-refractivity contribution in [3.05, 3.63) is 58.8 Å². The molecule has 2 N–H and O–H groups in total. The molecule has 1 aromatic carbocycles. The van der Waals surface area contributed by atoms with Crippen LogP contribution in [0.3, 0.4) is 0 Å². The lowest BCUT2D eigenvalue weighted by Gasteiger charge is -2.29. The number of aromatic nitrogens is 2. The Labute approximate surface area is 179 Å². The monoisotopic (exact) mass is 426 g/mol. The van der Waals surface area contributed by atoms with Crippen LogP contribution in [0.2, 0.25) is 0 Å². The number of hydrogen-bond donors (Lipinski definition) is 2. The van der Waals surface area contributed by atoms with Crippen molar-refractivity contribution in [2.45, 2.75) is 44.9 Å².